The van der Waals surface area contributed by atoms with Crippen LogP contribution in [0.1, 0.15) is 5.56 Å². The van der Waals surface area contributed by atoms with Gasteiger partial charge >= 0.3 is 5.69 Å². The van der Waals surface area contributed by atoms with Gasteiger partial charge in [-0.2, -0.15) is 5.26 Å². The van der Waals surface area contributed by atoms with E-state index in [2.05, 4.69) is 0 Å². The molecule has 1 aromatic rings. The van der Waals surface area contributed by atoms with Gasteiger partial charge in [0, 0.05) is 34.2 Å². The standard InChI is InChI=1S/C12H19N5O2/c1-14(2)6-7-15(3)10-9(8-13)11(18)17(5)12(19)16(10)4/h6-7H2,1-5H3. The number of hydrogen-bond donors (Lipinski definition) is 0. The third-order valence-corrected chi connectivity index (χ3v) is 2.99. The van der Waals surface area contributed by atoms with Crippen molar-refractivity contribution >= 4 is 5.82 Å². The summed E-state index contributed by atoms with van der Waals surface area (Å²) in [5, 5.41) is 9.15. The van der Waals surface area contributed by atoms with E-state index in [4.69, 9.17) is 5.26 Å². The monoisotopic (exact) mass is 265 g/mol. The van der Waals surface area contributed by atoms with Gasteiger partial charge in [0.05, 0.1) is 0 Å². The highest BCUT2D eigenvalue weighted by molar-refractivity contribution is 5.52. The van der Waals surface area contributed by atoms with Gasteiger partial charge in [0.25, 0.3) is 5.56 Å². The first-order chi connectivity index (χ1) is 8.81. The fourth-order valence-corrected chi connectivity index (χ4v) is 1.83. The third-order valence-electron chi connectivity index (χ3n) is 2.99. The van der Waals surface area contributed by atoms with Crippen molar-refractivity contribution in [3.05, 3.63) is 26.4 Å². The number of aromatic nitrogens is 2. The van der Waals surface area contributed by atoms with Crippen LogP contribution in [-0.2, 0) is 14.1 Å². The molecule has 0 aliphatic heterocycles. The first kappa shape index (κ1) is 15.0. The summed E-state index contributed by atoms with van der Waals surface area (Å²) in [5.74, 6) is 0.359. The molecule has 0 aromatic carbocycles. The molecule has 0 unspecified atom stereocenters. The molecule has 104 valence electrons. The van der Waals surface area contributed by atoms with E-state index in [-0.39, 0.29) is 5.56 Å². The molecule has 1 heterocycles. The summed E-state index contributed by atoms with van der Waals surface area (Å²) in [6.07, 6.45) is 0. The Hall–Kier alpha value is -2.07. The van der Waals surface area contributed by atoms with Crippen molar-refractivity contribution in [3.63, 3.8) is 0 Å². The summed E-state index contributed by atoms with van der Waals surface area (Å²) in [5.41, 5.74) is -1.00. The molecule has 0 aliphatic rings. The molecule has 0 saturated carbocycles. The molecule has 7 heteroatoms. The Morgan fingerprint density at radius 3 is 2.16 bits per heavy atom. The molecule has 0 saturated heterocycles. The molecule has 0 amide bonds. The predicted octanol–water partition coefficient (Wildman–Crippen LogP) is -1.05. The fraction of sp³-hybridized carbons (Fsp3) is 0.583. The van der Waals surface area contributed by atoms with Crippen LogP contribution in [0.2, 0.25) is 0 Å². The number of hydrogen-bond acceptors (Lipinski definition) is 5. The normalized spacial score (nSPS) is 10.6. The van der Waals surface area contributed by atoms with Crippen LogP contribution >= 0.6 is 0 Å². The summed E-state index contributed by atoms with van der Waals surface area (Å²) in [4.78, 5) is 27.6. The van der Waals surface area contributed by atoms with E-state index in [1.54, 1.807) is 19.0 Å². The zero-order valence-corrected chi connectivity index (χ0v) is 12.0. The lowest BCUT2D eigenvalue weighted by atomic mass is 10.3. The molecule has 1 aromatic heterocycles. The summed E-state index contributed by atoms with van der Waals surface area (Å²) in [7, 11) is 8.56. The van der Waals surface area contributed by atoms with Crippen LogP contribution in [0.15, 0.2) is 9.59 Å². The maximum absolute atomic E-state index is 11.9. The number of nitrogens with zero attached hydrogens (tertiary/aromatic N) is 5. The van der Waals surface area contributed by atoms with Crippen molar-refractivity contribution in [3.8, 4) is 6.07 Å². The molecule has 0 aliphatic carbocycles. The SMILES string of the molecule is CN(C)CCN(C)c1c(C#N)c(=O)n(C)c(=O)n1C. The zero-order chi connectivity index (χ0) is 14.7. The largest absolute Gasteiger partial charge is 0.358 e. The lowest BCUT2D eigenvalue weighted by Gasteiger charge is -2.24. The quantitative estimate of drug-likeness (QED) is 0.695. The van der Waals surface area contributed by atoms with Gasteiger partial charge in [0.15, 0.2) is 5.56 Å². The van der Waals surface area contributed by atoms with Gasteiger partial charge in [-0.15, -0.1) is 0 Å². The third kappa shape index (κ3) is 2.85. The van der Waals surface area contributed by atoms with E-state index in [0.29, 0.717) is 12.4 Å². The van der Waals surface area contributed by atoms with E-state index in [0.717, 1.165) is 11.1 Å². The maximum Gasteiger partial charge on any atom is 0.332 e. The second kappa shape index (κ2) is 5.71. The van der Waals surface area contributed by atoms with Crippen molar-refractivity contribution < 1.29 is 0 Å². The van der Waals surface area contributed by atoms with E-state index in [1.807, 2.05) is 25.1 Å². The van der Waals surface area contributed by atoms with Crippen LogP contribution < -0.4 is 16.1 Å². The molecular weight excluding hydrogens is 246 g/mol. The van der Waals surface area contributed by atoms with E-state index in [1.165, 1.54) is 11.6 Å². The van der Waals surface area contributed by atoms with Crippen LogP contribution in [0.5, 0.6) is 0 Å². The van der Waals surface area contributed by atoms with Crippen molar-refractivity contribution in [2.75, 3.05) is 39.1 Å². The minimum absolute atomic E-state index is 0.00847. The molecule has 7 nitrogen and oxygen atoms in total. The Balaban J connectivity index is 3.39. The van der Waals surface area contributed by atoms with Gasteiger partial charge in [0.1, 0.15) is 11.9 Å². The summed E-state index contributed by atoms with van der Waals surface area (Å²) in [6, 6.07) is 1.89. The van der Waals surface area contributed by atoms with Gasteiger partial charge in [-0.25, -0.2) is 4.79 Å². The highest BCUT2D eigenvalue weighted by atomic mass is 16.2. The van der Waals surface area contributed by atoms with Gasteiger partial charge in [-0.1, -0.05) is 0 Å². The highest BCUT2D eigenvalue weighted by Crippen LogP contribution is 2.12. The Morgan fingerprint density at radius 2 is 1.68 bits per heavy atom. The van der Waals surface area contributed by atoms with Crippen LogP contribution in [0, 0.1) is 11.3 Å². The summed E-state index contributed by atoms with van der Waals surface area (Å²) < 4.78 is 2.28. The van der Waals surface area contributed by atoms with E-state index >= 15 is 0 Å². The average Bonchev–Trinajstić information content (AvgIpc) is 2.37. The summed E-state index contributed by atoms with van der Waals surface area (Å²) in [6.45, 7) is 1.37. The number of anilines is 1. The van der Waals surface area contributed by atoms with Gasteiger partial charge in [-0.05, 0) is 14.1 Å². The first-order valence-electron chi connectivity index (χ1n) is 5.87. The predicted molar refractivity (Wildman–Crippen MR) is 73.5 cm³/mol. The molecule has 0 spiro atoms. The van der Waals surface area contributed by atoms with Crippen molar-refractivity contribution in [2.24, 2.45) is 14.1 Å². The molecule has 0 N–H and O–H groups in total. The molecule has 0 radical (unpaired) electrons. The van der Waals surface area contributed by atoms with Crippen molar-refractivity contribution in [2.45, 2.75) is 0 Å². The van der Waals surface area contributed by atoms with Crippen molar-refractivity contribution in [1.82, 2.24) is 14.0 Å². The smallest absolute Gasteiger partial charge is 0.332 e. The summed E-state index contributed by atoms with van der Waals surface area (Å²) >= 11 is 0. The lowest BCUT2D eigenvalue weighted by Crippen LogP contribution is -2.42. The number of likely N-dealkylation sites (N-methyl/N-ethyl adjacent to an activating group) is 2. The highest BCUT2D eigenvalue weighted by Gasteiger charge is 2.18. The molecule has 0 fully saturated rings. The molecular formula is C12H19N5O2. The minimum atomic E-state index is -0.558. The van der Waals surface area contributed by atoms with E-state index in [9.17, 15) is 9.59 Å². The van der Waals surface area contributed by atoms with Crippen molar-refractivity contribution in [1.29, 1.82) is 5.26 Å². The average molecular weight is 265 g/mol. The van der Waals surface area contributed by atoms with Gasteiger partial charge in [0.2, 0.25) is 0 Å². The zero-order valence-electron chi connectivity index (χ0n) is 12.0. The van der Waals surface area contributed by atoms with Crippen LogP contribution in [0.25, 0.3) is 0 Å². The topological polar surface area (TPSA) is 74.3 Å². The molecule has 0 bridgehead atoms. The first-order valence-corrected chi connectivity index (χ1v) is 5.87. The Kier molecular flexibility index (Phi) is 4.51. The molecule has 1 rings (SSSR count). The lowest BCUT2D eigenvalue weighted by molar-refractivity contribution is 0.415. The molecule has 0 atom stereocenters. The Morgan fingerprint density at radius 1 is 1.11 bits per heavy atom. The van der Waals surface area contributed by atoms with Gasteiger partial charge in [-0.3, -0.25) is 13.9 Å². The fourth-order valence-electron chi connectivity index (χ4n) is 1.83. The number of nitriles is 1. The van der Waals surface area contributed by atoms with Crippen LogP contribution in [0.4, 0.5) is 5.82 Å². The van der Waals surface area contributed by atoms with Crippen LogP contribution in [0.3, 0.4) is 0 Å². The van der Waals surface area contributed by atoms with E-state index < -0.39 is 11.2 Å². The minimum Gasteiger partial charge on any atom is -0.358 e. The second-order valence-corrected chi connectivity index (χ2v) is 4.74. The second-order valence-electron chi connectivity index (χ2n) is 4.74. The van der Waals surface area contributed by atoms with Gasteiger partial charge < -0.3 is 9.80 Å². The Labute approximate surface area is 111 Å². The van der Waals surface area contributed by atoms with Crippen LogP contribution in [-0.4, -0.2) is 48.3 Å². The number of rotatable bonds is 4. The Bertz CT molecular complexity index is 621. The maximum atomic E-state index is 11.9. The molecule has 19 heavy (non-hydrogen) atoms.